The quantitative estimate of drug-likeness (QED) is 0.725. The first kappa shape index (κ1) is 11.6. The van der Waals surface area contributed by atoms with Crippen LogP contribution in [0.25, 0.3) is 10.9 Å². The maximum atomic E-state index is 3.54. The molecule has 0 saturated carbocycles. The molecular weight excluding hydrogens is 244 g/mol. The van der Waals surface area contributed by atoms with Gasteiger partial charge in [-0.1, -0.05) is 12.1 Å². The van der Waals surface area contributed by atoms with Gasteiger partial charge in [0.15, 0.2) is 0 Å². The molecule has 1 aliphatic carbocycles. The summed E-state index contributed by atoms with van der Waals surface area (Å²) in [6, 6.07) is 15.5. The summed E-state index contributed by atoms with van der Waals surface area (Å²) in [4.78, 5) is 3.23. The van der Waals surface area contributed by atoms with Crippen molar-refractivity contribution in [3.8, 4) is 0 Å². The van der Waals surface area contributed by atoms with Gasteiger partial charge in [-0.15, -0.1) is 0 Å². The lowest BCUT2D eigenvalue weighted by atomic mass is 10.1. The number of anilines is 1. The Hall–Kier alpha value is -2.22. The van der Waals surface area contributed by atoms with Crippen molar-refractivity contribution in [2.24, 2.45) is 0 Å². The van der Waals surface area contributed by atoms with Gasteiger partial charge in [-0.3, -0.25) is 0 Å². The van der Waals surface area contributed by atoms with Crippen molar-refractivity contribution in [1.29, 1.82) is 0 Å². The van der Waals surface area contributed by atoms with Gasteiger partial charge in [0, 0.05) is 23.9 Å². The highest BCUT2D eigenvalue weighted by Gasteiger charge is 2.10. The van der Waals surface area contributed by atoms with Gasteiger partial charge in [0.25, 0.3) is 0 Å². The Morgan fingerprint density at radius 3 is 2.90 bits per heavy atom. The maximum Gasteiger partial charge on any atom is 0.0454 e. The predicted molar refractivity (Wildman–Crippen MR) is 84.1 cm³/mol. The van der Waals surface area contributed by atoms with Crippen LogP contribution in [-0.4, -0.2) is 4.98 Å². The molecule has 2 nitrogen and oxygen atoms in total. The second kappa shape index (κ2) is 4.71. The van der Waals surface area contributed by atoms with E-state index in [1.54, 1.807) is 0 Å². The Morgan fingerprint density at radius 2 is 1.90 bits per heavy atom. The van der Waals surface area contributed by atoms with E-state index in [-0.39, 0.29) is 0 Å². The van der Waals surface area contributed by atoms with Crippen LogP contribution in [0.4, 0.5) is 5.69 Å². The van der Waals surface area contributed by atoms with E-state index >= 15 is 0 Å². The molecule has 20 heavy (non-hydrogen) atoms. The van der Waals surface area contributed by atoms with Crippen LogP contribution in [0.15, 0.2) is 48.7 Å². The number of benzene rings is 2. The van der Waals surface area contributed by atoms with E-state index in [1.807, 2.05) is 6.20 Å². The molecule has 0 amide bonds. The van der Waals surface area contributed by atoms with Crippen molar-refractivity contribution in [2.75, 3.05) is 5.32 Å². The zero-order valence-electron chi connectivity index (χ0n) is 11.4. The zero-order chi connectivity index (χ0) is 13.4. The van der Waals surface area contributed by atoms with Crippen molar-refractivity contribution in [3.63, 3.8) is 0 Å². The number of rotatable bonds is 3. The number of fused-ring (bicyclic) bond motifs is 2. The highest BCUT2D eigenvalue weighted by atomic mass is 14.9. The topological polar surface area (TPSA) is 27.8 Å². The third kappa shape index (κ3) is 2.07. The first-order valence-electron chi connectivity index (χ1n) is 7.30. The van der Waals surface area contributed by atoms with Gasteiger partial charge in [-0.2, -0.15) is 0 Å². The fraction of sp³-hybridized carbons (Fsp3) is 0.222. The standard InChI is InChI=1S/C18H18N2/c1-2-14-5-6-17(11-15(14)3-1)20-12-13-4-7-18-16(10-13)8-9-19-18/h4-11,19-20H,1-3,12H2. The number of aromatic amines is 1. The molecule has 0 spiro atoms. The lowest BCUT2D eigenvalue weighted by Crippen LogP contribution is -1.99. The van der Waals surface area contributed by atoms with Gasteiger partial charge in [-0.05, 0) is 71.7 Å². The van der Waals surface area contributed by atoms with Gasteiger partial charge in [0.1, 0.15) is 0 Å². The molecule has 0 saturated heterocycles. The summed E-state index contributed by atoms with van der Waals surface area (Å²) >= 11 is 0. The minimum atomic E-state index is 0.875. The Kier molecular flexibility index (Phi) is 2.73. The summed E-state index contributed by atoms with van der Waals surface area (Å²) in [5.74, 6) is 0. The highest BCUT2D eigenvalue weighted by molar-refractivity contribution is 5.80. The molecule has 0 unspecified atom stereocenters. The highest BCUT2D eigenvalue weighted by Crippen LogP contribution is 2.25. The summed E-state index contributed by atoms with van der Waals surface area (Å²) in [6.07, 6.45) is 5.78. The third-order valence-corrected chi connectivity index (χ3v) is 4.21. The summed E-state index contributed by atoms with van der Waals surface area (Å²) in [5.41, 5.74) is 6.81. The van der Waals surface area contributed by atoms with E-state index in [0.717, 1.165) is 6.54 Å². The van der Waals surface area contributed by atoms with Gasteiger partial charge in [0.2, 0.25) is 0 Å². The van der Waals surface area contributed by atoms with E-state index in [2.05, 4.69) is 52.8 Å². The Morgan fingerprint density at radius 1 is 0.950 bits per heavy atom. The molecule has 2 heteroatoms. The van der Waals surface area contributed by atoms with E-state index in [1.165, 1.54) is 52.5 Å². The summed E-state index contributed by atoms with van der Waals surface area (Å²) in [6.45, 7) is 0.875. The Bertz CT molecular complexity index is 755. The molecule has 0 radical (unpaired) electrons. The first-order valence-corrected chi connectivity index (χ1v) is 7.30. The van der Waals surface area contributed by atoms with Crippen molar-refractivity contribution in [3.05, 3.63) is 65.4 Å². The van der Waals surface area contributed by atoms with Crippen LogP contribution in [0.5, 0.6) is 0 Å². The van der Waals surface area contributed by atoms with Crippen LogP contribution < -0.4 is 5.32 Å². The molecule has 2 N–H and O–H groups in total. The smallest absolute Gasteiger partial charge is 0.0454 e. The number of hydrogen-bond acceptors (Lipinski definition) is 1. The SMILES string of the molecule is c1cc2cc(CNc3ccc4c(c3)CCC4)ccc2[nH]1. The molecule has 0 bridgehead atoms. The van der Waals surface area contributed by atoms with E-state index in [0.29, 0.717) is 0 Å². The minimum absolute atomic E-state index is 0.875. The van der Waals surface area contributed by atoms with Crippen LogP contribution >= 0.6 is 0 Å². The van der Waals surface area contributed by atoms with E-state index in [4.69, 9.17) is 0 Å². The number of hydrogen-bond donors (Lipinski definition) is 2. The zero-order valence-corrected chi connectivity index (χ0v) is 11.4. The summed E-state index contributed by atoms with van der Waals surface area (Å²) in [7, 11) is 0. The molecule has 4 rings (SSSR count). The number of aromatic nitrogens is 1. The number of nitrogens with one attached hydrogen (secondary N) is 2. The summed E-state index contributed by atoms with van der Waals surface area (Å²) < 4.78 is 0. The normalized spacial score (nSPS) is 13.6. The van der Waals surface area contributed by atoms with Crippen molar-refractivity contribution in [2.45, 2.75) is 25.8 Å². The second-order valence-corrected chi connectivity index (χ2v) is 5.59. The van der Waals surface area contributed by atoms with Gasteiger partial charge >= 0.3 is 0 Å². The molecule has 100 valence electrons. The molecule has 1 heterocycles. The van der Waals surface area contributed by atoms with Crippen LogP contribution in [0, 0.1) is 0 Å². The van der Waals surface area contributed by atoms with Crippen molar-refractivity contribution < 1.29 is 0 Å². The average molecular weight is 262 g/mol. The average Bonchev–Trinajstić information content (AvgIpc) is 3.12. The van der Waals surface area contributed by atoms with Crippen LogP contribution in [0.2, 0.25) is 0 Å². The van der Waals surface area contributed by atoms with E-state index in [9.17, 15) is 0 Å². The molecule has 0 fully saturated rings. The monoisotopic (exact) mass is 262 g/mol. The van der Waals surface area contributed by atoms with Gasteiger partial charge in [-0.25, -0.2) is 0 Å². The number of H-pyrrole nitrogens is 1. The largest absolute Gasteiger partial charge is 0.381 e. The molecule has 0 atom stereocenters. The van der Waals surface area contributed by atoms with Crippen molar-refractivity contribution >= 4 is 16.6 Å². The fourth-order valence-electron chi connectivity index (χ4n) is 3.10. The molecule has 3 aromatic rings. The molecular formula is C18H18N2. The molecule has 2 aromatic carbocycles. The fourth-order valence-corrected chi connectivity index (χ4v) is 3.10. The molecule has 1 aliphatic rings. The number of aryl methyl sites for hydroxylation is 2. The predicted octanol–water partition coefficient (Wildman–Crippen LogP) is 4.27. The van der Waals surface area contributed by atoms with Gasteiger partial charge < -0.3 is 10.3 Å². The molecule has 1 aromatic heterocycles. The van der Waals surface area contributed by atoms with Crippen LogP contribution in [0.1, 0.15) is 23.1 Å². The molecule has 0 aliphatic heterocycles. The summed E-state index contributed by atoms with van der Waals surface area (Å²) in [5, 5.41) is 4.81. The Balaban J connectivity index is 1.52. The van der Waals surface area contributed by atoms with Gasteiger partial charge in [0.05, 0.1) is 0 Å². The van der Waals surface area contributed by atoms with Crippen molar-refractivity contribution in [1.82, 2.24) is 4.98 Å². The van der Waals surface area contributed by atoms with Crippen LogP contribution in [-0.2, 0) is 19.4 Å². The third-order valence-electron chi connectivity index (χ3n) is 4.21. The lowest BCUT2D eigenvalue weighted by Gasteiger charge is -2.09. The van der Waals surface area contributed by atoms with Crippen LogP contribution in [0.3, 0.4) is 0 Å². The maximum absolute atomic E-state index is 3.54. The first-order chi connectivity index (χ1) is 9.88. The Labute approximate surface area is 118 Å². The minimum Gasteiger partial charge on any atom is -0.381 e. The second-order valence-electron chi connectivity index (χ2n) is 5.59. The lowest BCUT2D eigenvalue weighted by molar-refractivity contribution is 0.912. The van der Waals surface area contributed by atoms with E-state index < -0.39 is 0 Å².